The maximum absolute atomic E-state index is 2.28. The third kappa shape index (κ3) is 5.27. The number of hydrogen-bond donors (Lipinski definition) is 0. The summed E-state index contributed by atoms with van der Waals surface area (Å²) in [5, 5.41) is 0. The zero-order valence-corrected chi connectivity index (χ0v) is 10.8. The summed E-state index contributed by atoms with van der Waals surface area (Å²) in [4.78, 5) is 0. The molecule has 0 aliphatic rings. The molecule has 0 unspecified atom stereocenters. The Hall–Kier alpha value is -0.430. The van der Waals surface area contributed by atoms with E-state index in [1.165, 1.54) is 48.3 Å². The van der Waals surface area contributed by atoms with Gasteiger partial charge in [0.1, 0.15) is 0 Å². The fourth-order valence-electron chi connectivity index (χ4n) is 1.53. The first-order valence-corrected chi connectivity index (χ1v) is 7.17. The summed E-state index contributed by atoms with van der Waals surface area (Å²) >= 11 is 2.05. The van der Waals surface area contributed by atoms with Crippen LogP contribution in [0.3, 0.4) is 0 Å². The number of thioether (sulfide) groups is 1. The molecule has 0 atom stereocenters. The van der Waals surface area contributed by atoms with Gasteiger partial charge in [-0.1, -0.05) is 51.0 Å². The molecule has 0 amide bonds. The van der Waals surface area contributed by atoms with Crippen LogP contribution in [0.5, 0.6) is 0 Å². The predicted octanol–water partition coefficient (Wildman–Crippen LogP) is 4.67. The molecule has 0 nitrogen and oxygen atoms in total. The van der Waals surface area contributed by atoms with Gasteiger partial charge in [0.05, 0.1) is 0 Å². The standard InChI is InChI=1S/C14H22S/c1-3-5-11-15-12-14-9-7-13(6-4-2)8-10-14/h7-10H,3-6,11-12H2,1-2H3. The van der Waals surface area contributed by atoms with Crippen LogP contribution in [0.15, 0.2) is 24.3 Å². The van der Waals surface area contributed by atoms with E-state index in [0.29, 0.717) is 0 Å². The van der Waals surface area contributed by atoms with E-state index in [9.17, 15) is 0 Å². The average molecular weight is 222 g/mol. The lowest BCUT2D eigenvalue weighted by molar-refractivity contribution is 0.896. The molecule has 1 heteroatoms. The van der Waals surface area contributed by atoms with Crippen LogP contribution in [0.25, 0.3) is 0 Å². The molecule has 0 heterocycles. The molecule has 0 saturated carbocycles. The van der Waals surface area contributed by atoms with E-state index in [4.69, 9.17) is 0 Å². The van der Waals surface area contributed by atoms with E-state index in [-0.39, 0.29) is 0 Å². The molecule has 84 valence electrons. The van der Waals surface area contributed by atoms with Crippen molar-refractivity contribution < 1.29 is 0 Å². The van der Waals surface area contributed by atoms with Crippen molar-refractivity contribution in [2.24, 2.45) is 0 Å². The smallest absolute Gasteiger partial charge is 0.0184 e. The van der Waals surface area contributed by atoms with E-state index < -0.39 is 0 Å². The third-order valence-corrected chi connectivity index (χ3v) is 3.59. The largest absolute Gasteiger partial charge is 0.157 e. The molecular formula is C14H22S. The van der Waals surface area contributed by atoms with E-state index in [1.807, 2.05) is 0 Å². The van der Waals surface area contributed by atoms with Gasteiger partial charge in [0, 0.05) is 5.75 Å². The summed E-state index contributed by atoms with van der Waals surface area (Å²) in [6.07, 6.45) is 5.11. The molecule has 1 aromatic carbocycles. The van der Waals surface area contributed by atoms with E-state index >= 15 is 0 Å². The van der Waals surface area contributed by atoms with Crippen molar-refractivity contribution in [2.75, 3.05) is 5.75 Å². The van der Waals surface area contributed by atoms with Gasteiger partial charge < -0.3 is 0 Å². The van der Waals surface area contributed by atoms with Crippen LogP contribution >= 0.6 is 11.8 Å². The monoisotopic (exact) mass is 222 g/mol. The van der Waals surface area contributed by atoms with E-state index in [2.05, 4.69) is 49.9 Å². The fourth-order valence-corrected chi connectivity index (χ4v) is 2.59. The maximum atomic E-state index is 2.28. The molecule has 0 radical (unpaired) electrons. The molecule has 0 aliphatic heterocycles. The lowest BCUT2D eigenvalue weighted by Crippen LogP contribution is -1.86. The number of hydrogen-bond acceptors (Lipinski definition) is 1. The molecule has 0 bridgehead atoms. The van der Waals surface area contributed by atoms with Crippen LogP contribution in [0, 0.1) is 0 Å². The Morgan fingerprint density at radius 1 is 0.933 bits per heavy atom. The van der Waals surface area contributed by atoms with Crippen molar-refractivity contribution in [1.29, 1.82) is 0 Å². The molecule has 0 spiro atoms. The van der Waals surface area contributed by atoms with Crippen molar-refractivity contribution in [2.45, 2.75) is 45.3 Å². The maximum Gasteiger partial charge on any atom is 0.0184 e. The highest BCUT2D eigenvalue weighted by Gasteiger charge is 1.94. The van der Waals surface area contributed by atoms with Crippen molar-refractivity contribution in [3.05, 3.63) is 35.4 Å². The molecular weight excluding hydrogens is 200 g/mol. The Bertz CT molecular complexity index is 251. The van der Waals surface area contributed by atoms with E-state index in [0.717, 1.165) is 0 Å². The second-order valence-electron chi connectivity index (χ2n) is 3.97. The van der Waals surface area contributed by atoms with Gasteiger partial charge in [0.2, 0.25) is 0 Å². The summed E-state index contributed by atoms with van der Waals surface area (Å²) in [7, 11) is 0. The summed E-state index contributed by atoms with van der Waals surface area (Å²) in [6, 6.07) is 9.12. The minimum atomic E-state index is 1.17. The Labute approximate surface area is 98.5 Å². The molecule has 0 N–H and O–H groups in total. The predicted molar refractivity (Wildman–Crippen MR) is 71.5 cm³/mol. The lowest BCUT2D eigenvalue weighted by Gasteiger charge is -2.03. The zero-order valence-electron chi connectivity index (χ0n) is 9.96. The first kappa shape index (κ1) is 12.6. The van der Waals surface area contributed by atoms with Crippen LogP contribution in [-0.2, 0) is 12.2 Å². The molecule has 0 fully saturated rings. The molecule has 1 rings (SSSR count). The second-order valence-corrected chi connectivity index (χ2v) is 5.08. The van der Waals surface area contributed by atoms with Crippen molar-refractivity contribution in [1.82, 2.24) is 0 Å². The first-order chi connectivity index (χ1) is 7.36. The Morgan fingerprint density at radius 2 is 1.60 bits per heavy atom. The summed E-state index contributed by atoms with van der Waals surface area (Å²) < 4.78 is 0. The Balaban J connectivity index is 2.29. The second kappa shape index (κ2) is 7.81. The summed E-state index contributed by atoms with van der Waals surface area (Å²) in [5.74, 6) is 2.47. The highest BCUT2D eigenvalue weighted by molar-refractivity contribution is 7.98. The van der Waals surface area contributed by atoms with Crippen LogP contribution in [0.4, 0.5) is 0 Å². The number of rotatable bonds is 7. The van der Waals surface area contributed by atoms with Gasteiger partial charge in [0.25, 0.3) is 0 Å². The normalized spacial score (nSPS) is 10.5. The molecule has 0 aromatic heterocycles. The van der Waals surface area contributed by atoms with Gasteiger partial charge >= 0.3 is 0 Å². The Kier molecular flexibility index (Phi) is 6.58. The van der Waals surface area contributed by atoms with Gasteiger partial charge in [0.15, 0.2) is 0 Å². The molecule has 1 aromatic rings. The van der Waals surface area contributed by atoms with Crippen molar-refractivity contribution in [3.8, 4) is 0 Å². The summed E-state index contributed by atoms with van der Waals surface area (Å²) in [6.45, 7) is 4.48. The number of benzene rings is 1. The van der Waals surface area contributed by atoms with Gasteiger partial charge in [-0.3, -0.25) is 0 Å². The van der Waals surface area contributed by atoms with E-state index in [1.54, 1.807) is 0 Å². The van der Waals surface area contributed by atoms with Gasteiger partial charge in [-0.25, -0.2) is 0 Å². The number of aryl methyl sites for hydroxylation is 1. The minimum Gasteiger partial charge on any atom is -0.157 e. The lowest BCUT2D eigenvalue weighted by atomic mass is 10.1. The van der Waals surface area contributed by atoms with Crippen molar-refractivity contribution >= 4 is 11.8 Å². The summed E-state index contributed by atoms with van der Waals surface area (Å²) in [5.41, 5.74) is 2.94. The molecule has 0 aliphatic carbocycles. The van der Waals surface area contributed by atoms with Gasteiger partial charge in [-0.05, 0) is 29.7 Å². The topological polar surface area (TPSA) is 0 Å². The van der Waals surface area contributed by atoms with Gasteiger partial charge in [-0.2, -0.15) is 11.8 Å². The average Bonchev–Trinajstić information content (AvgIpc) is 2.27. The minimum absolute atomic E-state index is 1.17. The first-order valence-electron chi connectivity index (χ1n) is 6.02. The Morgan fingerprint density at radius 3 is 2.20 bits per heavy atom. The molecule has 0 saturated heterocycles. The van der Waals surface area contributed by atoms with Crippen LogP contribution in [0.1, 0.15) is 44.2 Å². The highest BCUT2D eigenvalue weighted by atomic mass is 32.2. The zero-order chi connectivity index (χ0) is 10.9. The highest BCUT2D eigenvalue weighted by Crippen LogP contribution is 2.15. The SMILES string of the molecule is CCCCSCc1ccc(CCC)cc1. The fraction of sp³-hybridized carbons (Fsp3) is 0.571. The van der Waals surface area contributed by atoms with Crippen LogP contribution in [0.2, 0.25) is 0 Å². The van der Waals surface area contributed by atoms with Crippen molar-refractivity contribution in [3.63, 3.8) is 0 Å². The van der Waals surface area contributed by atoms with Gasteiger partial charge in [-0.15, -0.1) is 0 Å². The van der Waals surface area contributed by atoms with Crippen LogP contribution in [-0.4, -0.2) is 5.75 Å². The molecule has 15 heavy (non-hydrogen) atoms. The quantitative estimate of drug-likeness (QED) is 0.604. The van der Waals surface area contributed by atoms with Crippen LogP contribution < -0.4 is 0 Å². The number of unbranched alkanes of at least 4 members (excludes halogenated alkanes) is 1. The third-order valence-electron chi connectivity index (χ3n) is 2.47.